The highest BCUT2D eigenvalue weighted by molar-refractivity contribution is 5.48. The predicted molar refractivity (Wildman–Crippen MR) is 91.1 cm³/mol. The molecule has 0 spiro atoms. The van der Waals surface area contributed by atoms with Gasteiger partial charge in [0.2, 0.25) is 0 Å². The smallest absolute Gasteiger partial charge is 0.117 e. The molecule has 0 amide bonds. The third-order valence-electron chi connectivity index (χ3n) is 3.63. The number of nitrogens with zero attached hydrogens (tertiary/aromatic N) is 1. The lowest BCUT2D eigenvalue weighted by atomic mass is 10.2. The summed E-state index contributed by atoms with van der Waals surface area (Å²) in [5.74, 6) is 0.261. The quantitative estimate of drug-likeness (QED) is 0.422. The number of benzene rings is 1. The lowest BCUT2D eigenvalue weighted by molar-refractivity contribution is 0.103. The van der Waals surface area contributed by atoms with E-state index in [9.17, 15) is 5.11 Å². The van der Waals surface area contributed by atoms with E-state index in [2.05, 4.69) is 6.92 Å². The van der Waals surface area contributed by atoms with Crippen molar-refractivity contribution in [3.05, 3.63) is 24.3 Å². The van der Waals surface area contributed by atoms with Crippen LogP contribution in [0.25, 0.3) is 0 Å². The summed E-state index contributed by atoms with van der Waals surface area (Å²) in [7, 11) is 0. The number of anilines is 1. The van der Waals surface area contributed by atoms with E-state index in [-0.39, 0.29) is 12.4 Å². The molecule has 0 atom stereocenters. The lowest BCUT2D eigenvalue weighted by Gasteiger charge is -2.24. The summed E-state index contributed by atoms with van der Waals surface area (Å²) < 4.78 is 0. The molecular formula is C18H31NO3. The molecule has 0 fully saturated rings. The van der Waals surface area contributed by atoms with Crippen molar-refractivity contribution >= 4 is 5.69 Å². The molecule has 0 aromatic heterocycles. The molecule has 0 unspecified atom stereocenters. The van der Waals surface area contributed by atoms with Crippen molar-refractivity contribution in [2.45, 2.75) is 58.3 Å². The molecule has 1 aromatic carbocycles. The summed E-state index contributed by atoms with van der Waals surface area (Å²) in [6.45, 7) is 3.99. The first-order valence-corrected chi connectivity index (χ1v) is 8.58. The number of hydroxylamine groups is 1. The maximum absolute atomic E-state index is 9.64. The van der Waals surface area contributed by atoms with Crippen molar-refractivity contribution in [1.29, 1.82) is 0 Å². The van der Waals surface area contributed by atoms with Crippen molar-refractivity contribution in [3.63, 3.8) is 0 Å². The summed E-state index contributed by atoms with van der Waals surface area (Å²) in [6, 6.07) is 7.20. The van der Waals surface area contributed by atoms with Gasteiger partial charge in [0.05, 0.1) is 12.3 Å². The minimum Gasteiger partial charge on any atom is -0.508 e. The Balaban J connectivity index is 2.42. The number of aromatic hydroxyl groups is 1. The number of phenols is 1. The van der Waals surface area contributed by atoms with Gasteiger partial charge in [0.1, 0.15) is 5.75 Å². The molecule has 2 N–H and O–H groups in total. The lowest BCUT2D eigenvalue weighted by Crippen LogP contribution is -2.25. The standard InChI is InChI=1S/C18H31NO3/c1-2-3-4-9-15-22-19(13-7-5-6-8-14-20)17-11-10-12-18(21)16-17/h10-12,16,20-21H,2-9,13-15H2,1H3. The Morgan fingerprint density at radius 1 is 1.00 bits per heavy atom. The second-order valence-corrected chi connectivity index (χ2v) is 5.65. The van der Waals surface area contributed by atoms with Gasteiger partial charge < -0.3 is 10.2 Å². The minimum atomic E-state index is 0.261. The molecule has 4 heteroatoms. The first kappa shape index (κ1) is 18.8. The number of aliphatic hydroxyl groups is 1. The van der Waals surface area contributed by atoms with E-state index in [4.69, 9.17) is 9.94 Å². The summed E-state index contributed by atoms with van der Waals surface area (Å²) in [5, 5.41) is 20.3. The first-order chi connectivity index (χ1) is 10.8. The van der Waals surface area contributed by atoms with Crippen LogP contribution >= 0.6 is 0 Å². The van der Waals surface area contributed by atoms with Crippen LogP contribution < -0.4 is 5.06 Å². The Labute approximate surface area is 134 Å². The Hall–Kier alpha value is -1.26. The van der Waals surface area contributed by atoms with Crippen LogP contribution in [0.15, 0.2) is 24.3 Å². The first-order valence-electron chi connectivity index (χ1n) is 8.58. The molecule has 0 bridgehead atoms. The van der Waals surface area contributed by atoms with Crippen molar-refractivity contribution in [1.82, 2.24) is 0 Å². The average molecular weight is 309 g/mol. The maximum Gasteiger partial charge on any atom is 0.117 e. The van der Waals surface area contributed by atoms with Crippen molar-refractivity contribution in [2.24, 2.45) is 0 Å². The van der Waals surface area contributed by atoms with E-state index in [0.717, 1.165) is 44.3 Å². The summed E-state index contributed by atoms with van der Waals surface area (Å²) in [4.78, 5) is 5.91. The van der Waals surface area contributed by atoms with Gasteiger partial charge in [-0.15, -0.1) is 0 Å². The van der Waals surface area contributed by atoms with E-state index in [0.29, 0.717) is 6.61 Å². The Morgan fingerprint density at radius 3 is 2.50 bits per heavy atom. The molecule has 0 saturated heterocycles. The Morgan fingerprint density at radius 2 is 1.77 bits per heavy atom. The number of hydrogen-bond acceptors (Lipinski definition) is 4. The van der Waals surface area contributed by atoms with Crippen LogP contribution in [-0.2, 0) is 4.84 Å². The van der Waals surface area contributed by atoms with Crippen LogP contribution in [0.2, 0.25) is 0 Å². The van der Waals surface area contributed by atoms with Crippen LogP contribution in [0.5, 0.6) is 5.75 Å². The summed E-state index contributed by atoms with van der Waals surface area (Å²) in [6.07, 6.45) is 8.73. The third kappa shape index (κ3) is 8.25. The fraction of sp³-hybridized carbons (Fsp3) is 0.667. The molecule has 0 radical (unpaired) electrons. The molecule has 0 aliphatic rings. The van der Waals surface area contributed by atoms with E-state index in [1.807, 2.05) is 17.2 Å². The molecule has 126 valence electrons. The fourth-order valence-electron chi connectivity index (χ4n) is 2.34. The highest BCUT2D eigenvalue weighted by atomic mass is 16.7. The van der Waals surface area contributed by atoms with E-state index in [1.165, 1.54) is 19.3 Å². The molecule has 1 aromatic rings. The molecule has 0 heterocycles. The van der Waals surface area contributed by atoms with Gasteiger partial charge in [-0.2, -0.15) is 0 Å². The normalized spacial score (nSPS) is 10.8. The SMILES string of the molecule is CCCCCCON(CCCCCCO)c1cccc(O)c1. The van der Waals surface area contributed by atoms with Gasteiger partial charge >= 0.3 is 0 Å². The van der Waals surface area contributed by atoms with E-state index in [1.54, 1.807) is 12.1 Å². The molecule has 22 heavy (non-hydrogen) atoms. The van der Waals surface area contributed by atoms with Gasteiger partial charge in [-0.3, -0.25) is 9.90 Å². The van der Waals surface area contributed by atoms with E-state index >= 15 is 0 Å². The molecular weight excluding hydrogens is 278 g/mol. The molecule has 0 aliphatic heterocycles. The van der Waals surface area contributed by atoms with Crippen LogP contribution in [0.3, 0.4) is 0 Å². The van der Waals surface area contributed by atoms with Gasteiger partial charge in [-0.25, -0.2) is 0 Å². The summed E-state index contributed by atoms with van der Waals surface area (Å²) >= 11 is 0. The number of unbranched alkanes of at least 4 members (excludes halogenated alkanes) is 6. The van der Waals surface area contributed by atoms with Crippen LogP contribution in [0.4, 0.5) is 5.69 Å². The molecule has 1 rings (SSSR count). The zero-order valence-electron chi connectivity index (χ0n) is 13.8. The van der Waals surface area contributed by atoms with Gasteiger partial charge in [0.25, 0.3) is 0 Å². The highest BCUT2D eigenvalue weighted by Gasteiger charge is 2.08. The largest absolute Gasteiger partial charge is 0.508 e. The number of aliphatic hydroxyl groups excluding tert-OH is 1. The third-order valence-corrected chi connectivity index (χ3v) is 3.63. The van der Waals surface area contributed by atoms with Gasteiger partial charge in [-0.1, -0.05) is 45.1 Å². The average Bonchev–Trinajstić information content (AvgIpc) is 2.52. The molecule has 4 nitrogen and oxygen atoms in total. The summed E-state index contributed by atoms with van der Waals surface area (Å²) in [5.41, 5.74) is 0.901. The maximum atomic E-state index is 9.64. The van der Waals surface area contributed by atoms with Crippen molar-refractivity contribution in [3.8, 4) is 5.75 Å². The second-order valence-electron chi connectivity index (χ2n) is 5.65. The molecule has 0 aliphatic carbocycles. The number of rotatable bonds is 13. The van der Waals surface area contributed by atoms with Gasteiger partial charge in [0, 0.05) is 19.2 Å². The Bertz CT molecular complexity index is 370. The topological polar surface area (TPSA) is 52.9 Å². The Kier molecular flexibility index (Phi) is 10.5. The predicted octanol–water partition coefficient (Wildman–Crippen LogP) is 4.26. The van der Waals surface area contributed by atoms with Crippen molar-refractivity contribution in [2.75, 3.05) is 24.8 Å². The highest BCUT2D eigenvalue weighted by Crippen LogP contribution is 2.21. The van der Waals surface area contributed by atoms with E-state index < -0.39 is 0 Å². The van der Waals surface area contributed by atoms with Gasteiger partial charge in [-0.05, 0) is 31.4 Å². The second kappa shape index (κ2) is 12.3. The zero-order valence-corrected chi connectivity index (χ0v) is 13.8. The van der Waals surface area contributed by atoms with Gasteiger partial charge in [0.15, 0.2) is 0 Å². The minimum absolute atomic E-state index is 0.261. The number of hydrogen-bond donors (Lipinski definition) is 2. The fourth-order valence-corrected chi connectivity index (χ4v) is 2.34. The van der Waals surface area contributed by atoms with Crippen LogP contribution in [0, 0.1) is 0 Å². The molecule has 0 saturated carbocycles. The monoisotopic (exact) mass is 309 g/mol. The zero-order chi connectivity index (χ0) is 16.0. The number of phenolic OH excluding ortho intramolecular Hbond substituents is 1. The van der Waals surface area contributed by atoms with Crippen LogP contribution in [0.1, 0.15) is 58.3 Å². The van der Waals surface area contributed by atoms with Crippen molar-refractivity contribution < 1.29 is 15.1 Å². The van der Waals surface area contributed by atoms with Crippen LogP contribution in [-0.4, -0.2) is 30.0 Å².